The Morgan fingerprint density at radius 3 is 2.21 bits per heavy atom. The van der Waals surface area contributed by atoms with E-state index < -0.39 is 0 Å². The molecule has 0 heteroatoms. The molecule has 3 aromatic carbocycles. The maximum absolute atomic E-state index is 4.31. The predicted molar refractivity (Wildman–Crippen MR) is 83.3 cm³/mol. The van der Waals surface area contributed by atoms with E-state index >= 15 is 0 Å². The second-order valence-corrected chi connectivity index (χ2v) is 4.82. The molecular formula is C19H16. The van der Waals surface area contributed by atoms with Gasteiger partial charge in [0.2, 0.25) is 0 Å². The normalized spacial score (nSPS) is 10.6. The van der Waals surface area contributed by atoms with Crippen molar-refractivity contribution in [3.8, 4) is 0 Å². The zero-order valence-corrected chi connectivity index (χ0v) is 11.1. The molecule has 0 saturated heterocycles. The van der Waals surface area contributed by atoms with E-state index in [2.05, 4.69) is 80.2 Å². The van der Waals surface area contributed by atoms with Gasteiger partial charge in [-0.1, -0.05) is 73.3 Å². The number of hydrogen-bond acceptors (Lipinski definition) is 0. The van der Waals surface area contributed by atoms with Gasteiger partial charge in [-0.05, 0) is 40.0 Å². The second kappa shape index (κ2) is 4.74. The van der Waals surface area contributed by atoms with Gasteiger partial charge >= 0.3 is 0 Å². The Bertz CT molecular complexity index is 745. The molecule has 0 amide bonds. The molecule has 0 atom stereocenters. The van der Waals surface area contributed by atoms with Gasteiger partial charge in [-0.3, -0.25) is 0 Å². The molecule has 3 aromatic rings. The molecule has 19 heavy (non-hydrogen) atoms. The molecule has 0 bridgehead atoms. The number of aryl methyl sites for hydroxylation is 1. The summed E-state index contributed by atoms with van der Waals surface area (Å²) < 4.78 is 0. The monoisotopic (exact) mass is 244 g/mol. The molecule has 0 fully saturated rings. The minimum atomic E-state index is 1.09. The Balaban J connectivity index is 2.20. The van der Waals surface area contributed by atoms with Crippen LogP contribution in [-0.2, 0) is 0 Å². The van der Waals surface area contributed by atoms with Crippen LogP contribution < -0.4 is 0 Å². The van der Waals surface area contributed by atoms with Gasteiger partial charge in [0.1, 0.15) is 0 Å². The average Bonchev–Trinajstić information content (AvgIpc) is 2.46. The lowest BCUT2D eigenvalue weighted by atomic mass is 9.92. The molecular weight excluding hydrogens is 228 g/mol. The van der Waals surface area contributed by atoms with Gasteiger partial charge in [-0.15, -0.1) is 0 Å². The standard InChI is InChI=1S/C19H16/c1-14-8-3-5-11-17(14)15(2)18-13-7-10-16-9-4-6-12-19(16)18/h3-13H,2H2,1H3. The fourth-order valence-corrected chi connectivity index (χ4v) is 2.55. The van der Waals surface area contributed by atoms with E-state index in [-0.39, 0.29) is 0 Å². The summed E-state index contributed by atoms with van der Waals surface area (Å²) in [6.07, 6.45) is 0. The molecule has 3 rings (SSSR count). The van der Waals surface area contributed by atoms with Gasteiger partial charge in [-0.2, -0.15) is 0 Å². The molecule has 0 aliphatic carbocycles. The van der Waals surface area contributed by atoms with E-state index in [4.69, 9.17) is 0 Å². The fourth-order valence-electron chi connectivity index (χ4n) is 2.55. The van der Waals surface area contributed by atoms with E-state index in [0.29, 0.717) is 0 Å². The molecule has 0 saturated carbocycles. The largest absolute Gasteiger partial charge is 0.0905 e. The Labute approximate surface area is 114 Å². The molecule has 0 N–H and O–H groups in total. The Morgan fingerprint density at radius 1 is 0.737 bits per heavy atom. The summed E-state index contributed by atoms with van der Waals surface area (Å²) in [5.74, 6) is 0. The average molecular weight is 244 g/mol. The first-order valence-corrected chi connectivity index (χ1v) is 6.50. The van der Waals surface area contributed by atoms with Crippen LogP contribution in [0.4, 0.5) is 0 Å². The first kappa shape index (κ1) is 11.7. The molecule has 0 aliphatic heterocycles. The topological polar surface area (TPSA) is 0 Å². The summed E-state index contributed by atoms with van der Waals surface area (Å²) in [7, 11) is 0. The highest BCUT2D eigenvalue weighted by atomic mass is 14.1. The smallest absolute Gasteiger partial charge is 0.0105 e. The highest BCUT2D eigenvalue weighted by Crippen LogP contribution is 2.29. The zero-order chi connectivity index (χ0) is 13.2. The van der Waals surface area contributed by atoms with Gasteiger partial charge < -0.3 is 0 Å². The Kier molecular flexibility index (Phi) is 2.92. The summed E-state index contributed by atoms with van der Waals surface area (Å²) >= 11 is 0. The lowest BCUT2D eigenvalue weighted by molar-refractivity contribution is 1.42. The number of benzene rings is 3. The van der Waals surface area contributed by atoms with Crippen LogP contribution in [0, 0.1) is 6.92 Å². The molecule has 0 nitrogen and oxygen atoms in total. The first-order chi connectivity index (χ1) is 9.27. The van der Waals surface area contributed by atoms with Crippen LogP contribution in [0.3, 0.4) is 0 Å². The lowest BCUT2D eigenvalue weighted by Gasteiger charge is -2.12. The van der Waals surface area contributed by atoms with Crippen LogP contribution in [-0.4, -0.2) is 0 Å². The molecule has 0 unspecified atom stereocenters. The summed E-state index contributed by atoms with van der Waals surface area (Å²) in [6.45, 7) is 6.44. The van der Waals surface area contributed by atoms with Gasteiger partial charge in [0.05, 0.1) is 0 Å². The lowest BCUT2D eigenvalue weighted by Crippen LogP contribution is -1.91. The third-order valence-corrected chi connectivity index (χ3v) is 3.58. The SMILES string of the molecule is C=C(c1ccccc1C)c1cccc2ccccc12. The van der Waals surface area contributed by atoms with Crippen molar-refractivity contribution in [1.29, 1.82) is 0 Å². The number of fused-ring (bicyclic) bond motifs is 1. The second-order valence-electron chi connectivity index (χ2n) is 4.82. The molecule has 92 valence electrons. The van der Waals surface area contributed by atoms with Crippen molar-refractivity contribution in [2.24, 2.45) is 0 Å². The highest BCUT2D eigenvalue weighted by Gasteiger charge is 2.07. The number of hydrogen-bond donors (Lipinski definition) is 0. The van der Waals surface area contributed by atoms with Crippen LogP contribution in [0.1, 0.15) is 16.7 Å². The summed E-state index contributed by atoms with van der Waals surface area (Å²) in [5, 5.41) is 2.52. The minimum absolute atomic E-state index is 1.09. The minimum Gasteiger partial charge on any atom is -0.0905 e. The third-order valence-electron chi connectivity index (χ3n) is 3.58. The van der Waals surface area contributed by atoms with Crippen molar-refractivity contribution in [2.45, 2.75) is 6.92 Å². The highest BCUT2D eigenvalue weighted by molar-refractivity contribution is 5.97. The maximum atomic E-state index is 4.31. The Morgan fingerprint density at radius 2 is 1.37 bits per heavy atom. The maximum Gasteiger partial charge on any atom is -0.0105 e. The van der Waals surface area contributed by atoms with E-state index in [1.54, 1.807) is 0 Å². The van der Waals surface area contributed by atoms with E-state index in [1.165, 1.54) is 27.5 Å². The van der Waals surface area contributed by atoms with E-state index in [0.717, 1.165) is 5.57 Å². The van der Waals surface area contributed by atoms with Gasteiger partial charge in [0, 0.05) is 0 Å². The molecule has 0 heterocycles. The van der Waals surface area contributed by atoms with E-state index in [9.17, 15) is 0 Å². The van der Waals surface area contributed by atoms with Gasteiger partial charge in [0.15, 0.2) is 0 Å². The molecule has 0 aromatic heterocycles. The van der Waals surface area contributed by atoms with Crippen LogP contribution in [0.5, 0.6) is 0 Å². The predicted octanol–water partition coefficient (Wildman–Crippen LogP) is 5.21. The third kappa shape index (κ3) is 2.06. The van der Waals surface area contributed by atoms with Crippen LogP contribution in [0.2, 0.25) is 0 Å². The first-order valence-electron chi connectivity index (χ1n) is 6.50. The van der Waals surface area contributed by atoms with Crippen LogP contribution in [0.25, 0.3) is 16.3 Å². The molecule has 0 spiro atoms. The number of rotatable bonds is 2. The van der Waals surface area contributed by atoms with Crippen molar-refractivity contribution < 1.29 is 0 Å². The fraction of sp³-hybridized carbons (Fsp3) is 0.0526. The van der Waals surface area contributed by atoms with Crippen molar-refractivity contribution in [3.63, 3.8) is 0 Å². The van der Waals surface area contributed by atoms with E-state index in [1.807, 2.05) is 0 Å². The van der Waals surface area contributed by atoms with Crippen molar-refractivity contribution in [2.75, 3.05) is 0 Å². The quantitative estimate of drug-likeness (QED) is 0.580. The summed E-state index contributed by atoms with van der Waals surface area (Å²) in [5.41, 5.74) is 4.79. The van der Waals surface area contributed by atoms with Crippen LogP contribution >= 0.6 is 0 Å². The van der Waals surface area contributed by atoms with Gasteiger partial charge in [0.25, 0.3) is 0 Å². The summed E-state index contributed by atoms with van der Waals surface area (Å²) in [6, 6.07) is 23.2. The molecule has 0 radical (unpaired) electrons. The van der Waals surface area contributed by atoms with Crippen LogP contribution in [0.15, 0.2) is 73.3 Å². The summed E-state index contributed by atoms with van der Waals surface area (Å²) in [4.78, 5) is 0. The zero-order valence-electron chi connectivity index (χ0n) is 11.1. The van der Waals surface area contributed by atoms with Gasteiger partial charge in [-0.25, -0.2) is 0 Å². The van der Waals surface area contributed by atoms with Crippen molar-refractivity contribution >= 4 is 16.3 Å². The molecule has 0 aliphatic rings. The Hall–Kier alpha value is -2.34. The van der Waals surface area contributed by atoms with Crippen molar-refractivity contribution in [1.82, 2.24) is 0 Å². The van der Waals surface area contributed by atoms with Crippen molar-refractivity contribution in [3.05, 3.63) is 90.0 Å².